The van der Waals surface area contributed by atoms with E-state index >= 15 is 0 Å². The maximum atomic E-state index is 12.2. The molecule has 6 heteroatoms. The molecule has 1 N–H and O–H groups in total. The Morgan fingerprint density at radius 1 is 1.11 bits per heavy atom. The maximum Gasteiger partial charge on any atom is 0.224 e. The first-order chi connectivity index (χ1) is 12.8. The highest BCUT2D eigenvalue weighted by atomic mass is 127. The summed E-state index contributed by atoms with van der Waals surface area (Å²) in [6.07, 6.45) is 6.10. The molecule has 3 rings (SSSR count). The van der Waals surface area contributed by atoms with Crippen LogP contribution in [0.1, 0.15) is 38.2 Å². The number of benzene rings is 1. The molecule has 5 nitrogen and oxygen atoms in total. The van der Waals surface area contributed by atoms with Gasteiger partial charge in [0.2, 0.25) is 5.91 Å². The van der Waals surface area contributed by atoms with E-state index in [4.69, 9.17) is 4.99 Å². The number of nitrogens with zero attached hydrogens (tertiary/aromatic N) is 3. The number of hydrogen-bond donors (Lipinski definition) is 1. The van der Waals surface area contributed by atoms with Crippen LogP contribution in [0.2, 0.25) is 0 Å². The fourth-order valence-corrected chi connectivity index (χ4v) is 3.58. The van der Waals surface area contributed by atoms with Crippen LogP contribution in [0.3, 0.4) is 0 Å². The third kappa shape index (κ3) is 6.23. The number of nitrogens with one attached hydrogen (secondary N) is 1. The van der Waals surface area contributed by atoms with E-state index in [1.807, 2.05) is 4.90 Å². The van der Waals surface area contributed by atoms with Crippen molar-refractivity contribution in [1.29, 1.82) is 0 Å². The van der Waals surface area contributed by atoms with Crippen molar-refractivity contribution >= 4 is 41.4 Å². The van der Waals surface area contributed by atoms with Gasteiger partial charge in [-0.05, 0) is 37.3 Å². The number of carbonyl (C=O) groups is 1. The summed E-state index contributed by atoms with van der Waals surface area (Å²) < 4.78 is 0. The second kappa shape index (κ2) is 11.3. The molecule has 0 unspecified atom stereocenters. The number of likely N-dealkylation sites (tertiary alicyclic amines) is 1. The van der Waals surface area contributed by atoms with Gasteiger partial charge in [-0.1, -0.05) is 36.4 Å². The van der Waals surface area contributed by atoms with Crippen LogP contribution in [0.4, 0.5) is 0 Å². The summed E-state index contributed by atoms with van der Waals surface area (Å²) in [5, 5.41) is 3.37. The van der Waals surface area contributed by atoms with Crippen molar-refractivity contribution in [1.82, 2.24) is 15.1 Å². The van der Waals surface area contributed by atoms with Crippen LogP contribution < -0.4 is 5.32 Å². The molecular weight excluding hydrogens is 451 g/mol. The second-order valence-electron chi connectivity index (χ2n) is 6.86. The smallest absolute Gasteiger partial charge is 0.224 e. The van der Waals surface area contributed by atoms with Crippen LogP contribution in [-0.2, 0) is 4.79 Å². The minimum absolute atomic E-state index is 0. The Bertz CT molecular complexity index is 653. The molecule has 0 atom stereocenters. The lowest BCUT2D eigenvalue weighted by molar-refractivity contribution is -0.129. The standard InChI is InChI=1S/C21H30N4O.HI/c1-2-22-21(23-13-10-20(26)24-14-6-7-15-24)25-16-11-19(12-17-25)18-8-4-3-5-9-18;/h3-5,8-9,11H,2,6-7,10,12-17H2,1H3,(H,22,23);1H. The number of hydrogen-bond acceptors (Lipinski definition) is 2. The van der Waals surface area contributed by atoms with Gasteiger partial charge in [-0.2, -0.15) is 0 Å². The Hall–Kier alpha value is -1.57. The van der Waals surface area contributed by atoms with Gasteiger partial charge in [-0.3, -0.25) is 9.79 Å². The number of guanidine groups is 1. The summed E-state index contributed by atoms with van der Waals surface area (Å²) in [5.41, 5.74) is 2.72. The van der Waals surface area contributed by atoms with Crippen molar-refractivity contribution < 1.29 is 4.79 Å². The molecule has 1 aromatic rings. The number of carbonyl (C=O) groups excluding carboxylic acids is 1. The summed E-state index contributed by atoms with van der Waals surface area (Å²) in [5.74, 6) is 1.16. The first kappa shape index (κ1) is 21.7. The predicted octanol–water partition coefficient (Wildman–Crippen LogP) is 3.37. The first-order valence-corrected chi connectivity index (χ1v) is 9.83. The van der Waals surface area contributed by atoms with Gasteiger partial charge in [-0.25, -0.2) is 0 Å². The third-order valence-electron chi connectivity index (χ3n) is 5.03. The average Bonchev–Trinajstić information content (AvgIpc) is 3.23. The summed E-state index contributed by atoms with van der Waals surface area (Å²) >= 11 is 0. The molecular formula is C21H31IN4O. The van der Waals surface area contributed by atoms with E-state index < -0.39 is 0 Å². The van der Waals surface area contributed by atoms with Crippen LogP contribution in [0, 0.1) is 0 Å². The summed E-state index contributed by atoms with van der Waals surface area (Å²) in [4.78, 5) is 21.1. The van der Waals surface area contributed by atoms with Gasteiger partial charge >= 0.3 is 0 Å². The zero-order valence-electron chi connectivity index (χ0n) is 16.2. The van der Waals surface area contributed by atoms with Crippen molar-refractivity contribution in [3.05, 3.63) is 42.0 Å². The molecule has 1 fully saturated rings. The molecule has 27 heavy (non-hydrogen) atoms. The van der Waals surface area contributed by atoms with Crippen molar-refractivity contribution in [3.63, 3.8) is 0 Å². The number of halogens is 1. The lowest BCUT2D eigenvalue weighted by atomic mass is 10.00. The zero-order valence-corrected chi connectivity index (χ0v) is 18.5. The molecule has 2 heterocycles. The van der Waals surface area contributed by atoms with Crippen LogP contribution in [0.25, 0.3) is 5.57 Å². The summed E-state index contributed by atoms with van der Waals surface area (Å²) in [6, 6.07) is 10.6. The minimum Gasteiger partial charge on any atom is -0.357 e. The SMILES string of the molecule is CCNC(=NCCC(=O)N1CCCC1)N1CC=C(c2ccccc2)CC1.I. The molecule has 1 aromatic carbocycles. The highest BCUT2D eigenvalue weighted by Crippen LogP contribution is 2.22. The van der Waals surface area contributed by atoms with Gasteiger partial charge in [0.1, 0.15) is 0 Å². The Morgan fingerprint density at radius 2 is 1.85 bits per heavy atom. The van der Waals surface area contributed by atoms with Crippen molar-refractivity contribution in [2.45, 2.75) is 32.6 Å². The van der Waals surface area contributed by atoms with E-state index in [-0.39, 0.29) is 29.9 Å². The van der Waals surface area contributed by atoms with E-state index in [0.29, 0.717) is 13.0 Å². The quantitative estimate of drug-likeness (QED) is 0.398. The van der Waals surface area contributed by atoms with E-state index in [2.05, 4.69) is 53.5 Å². The zero-order chi connectivity index (χ0) is 18.2. The van der Waals surface area contributed by atoms with Gasteiger partial charge in [0, 0.05) is 39.1 Å². The van der Waals surface area contributed by atoms with Gasteiger partial charge in [-0.15, -0.1) is 24.0 Å². The van der Waals surface area contributed by atoms with Crippen LogP contribution >= 0.6 is 24.0 Å². The highest BCUT2D eigenvalue weighted by Gasteiger charge is 2.18. The lowest BCUT2D eigenvalue weighted by Crippen LogP contribution is -2.43. The molecule has 0 bridgehead atoms. The molecule has 0 radical (unpaired) electrons. The van der Waals surface area contributed by atoms with Crippen molar-refractivity contribution in [3.8, 4) is 0 Å². The Kier molecular flexibility index (Phi) is 9.10. The third-order valence-corrected chi connectivity index (χ3v) is 5.03. The number of aliphatic imine (C=N–C) groups is 1. The summed E-state index contributed by atoms with van der Waals surface area (Å²) in [6.45, 7) is 7.13. The predicted molar refractivity (Wildman–Crippen MR) is 122 cm³/mol. The fourth-order valence-electron chi connectivity index (χ4n) is 3.58. The first-order valence-electron chi connectivity index (χ1n) is 9.83. The molecule has 0 aliphatic carbocycles. The topological polar surface area (TPSA) is 47.9 Å². The second-order valence-corrected chi connectivity index (χ2v) is 6.86. The van der Waals surface area contributed by atoms with Crippen molar-refractivity contribution in [2.75, 3.05) is 39.3 Å². The van der Waals surface area contributed by atoms with E-state index in [0.717, 1.165) is 57.9 Å². The van der Waals surface area contributed by atoms with Gasteiger partial charge < -0.3 is 15.1 Å². The number of amides is 1. The Labute approximate surface area is 179 Å². The Balaban J connectivity index is 0.00000261. The molecule has 1 saturated heterocycles. The van der Waals surface area contributed by atoms with E-state index in [1.165, 1.54) is 11.1 Å². The number of rotatable bonds is 5. The van der Waals surface area contributed by atoms with Crippen LogP contribution in [0.15, 0.2) is 41.4 Å². The van der Waals surface area contributed by atoms with Gasteiger partial charge in [0.05, 0.1) is 6.54 Å². The van der Waals surface area contributed by atoms with Crippen LogP contribution in [-0.4, -0.2) is 60.9 Å². The average molecular weight is 482 g/mol. The van der Waals surface area contributed by atoms with Gasteiger partial charge in [0.15, 0.2) is 5.96 Å². The largest absolute Gasteiger partial charge is 0.357 e. The highest BCUT2D eigenvalue weighted by molar-refractivity contribution is 14.0. The van der Waals surface area contributed by atoms with Crippen molar-refractivity contribution in [2.24, 2.45) is 4.99 Å². The molecule has 2 aliphatic rings. The molecule has 2 aliphatic heterocycles. The molecule has 0 saturated carbocycles. The van der Waals surface area contributed by atoms with Crippen LogP contribution in [0.5, 0.6) is 0 Å². The maximum absolute atomic E-state index is 12.2. The Morgan fingerprint density at radius 3 is 2.48 bits per heavy atom. The molecule has 0 aromatic heterocycles. The fraction of sp³-hybridized carbons (Fsp3) is 0.524. The lowest BCUT2D eigenvalue weighted by Gasteiger charge is -2.30. The van der Waals surface area contributed by atoms with E-state index in [1.54, 1.807) is 0 Å². The normalized spacial score (nSPS) is 17.4. The molecule has 148 valence electrons. The minimum atomic E-state index is 0. The molecule has 0 spiro atoms. The van der Waals surface area contributed by atoms with Gasteiger partial charge in [0.25, 0.3) is 0 Å². The van der Waals surface area contributed by atoms with E-state index in [9.17, 15) is 4.79 Å². The monoisotopic (exact) mass is 482 g/mol. The summed E-state index contributed by atoms with van der Waals surface area (Å²) in [7, 11) is 0. The molecule has 1 amide bonds.